The predicted molar refractivity (Wildman–Crippen MR) is 123 cm³/mol. The average Bonchev–Trinajstić information content (AvgIpc) is 3.20. The third-order valence-electron chi connectivity index (χ3n) is 5.11. The molecule has 3 aromatic rings. The number of ether oxygens (including phenoxy) is 2. The van der Waals surface area contributed by atoms with Gasteiger partial charge in [-0.2, -0.15) is 0 Å². The van der Waals surface area contributed by atoms with E-state index < -0.39 is 12.2 Å². The summed E-state index contributed by atoms with van der Waals surface area (Å²) in [6.45, 7) is 3.80. The van der Waals surface area contributed by atoms with Crippen molar-refractivity contribution in [3.63, 3.8) is 0 Å². The smallest absolute Gasteiger partial charge is 0.413 e. The number of aromatic nitrogens is 5. The number of morpholine rings is 1. The maximum atomic E-state index is 12.5. The van der Waals surface area contributed by atoms with E-state index in [0.717, 1.165) is 0 Å². The van der Waals surface area contributed by atoms with Crippen LogP contribution in [0, 0.1) is 0 Å². The molecule has 0 spiro atoms. The van der Waals surface area contributed by atoms with E-state index in [1.54, 1.807) is 49.3 Å². The second-order valence-electron chi connectivity index (χ2n) is 7.43. The van der Waals surface area contributed by atoms with E-state index in [-0.39, 0.29) is 11.2 Å². The van der Waals surface area contributed by atoms with Gasteiger partial charge in [0.15, 0.2) is 11.5 Å². The molecule has 0 aliphatic carbocycles. The Balaban J connectivity index is 1.42. The van der Waals surface area contributed by atoms with Crippen LogP contribution in [0.25, 0.3) is 11.4 Å². The Kier molecular flexibility index (Phi) is 7.18. The molecule has 1 aliphatic heterocycles. The zero-order chi connectivity index (χ0) is 24.1. The molecule has 12 nitrogen and oxygen atoms in total. The Labute approximate surface area is 200 Å². The molecule has 13 heteroatoms. The van der Waals surface area contributed by atoms with Gasteiger partial charge in [0.2, 0.25) is 0 Å². The summed E-state index contributed by atoms with van der Waals surface area (Å²) < 4.78 is 12.1. The molecule has 4 rings (SSSR count). The zero-order valence-electron chi connectivity index (χ0n) is 18.6. The largest absolute Gasteiger partial charge is 0.441 e. The summed E-state index contributed by atoms with van der Waals surface area (Å²) in [5, 5.41) is 13.8. The van der Waals surface area contributed by atoms with E-state index in [4.69, 9.17) is 21.1 Å². The number of urea groups is 1. The zero-order valence-corrected chi connectivity index (χ0v) is 19.3. The van der Waals surface area contributed by atoms with Crippen LogP contribution in [0.5, 0.6) is 0 Å². The van der Waals surface area contributed by atoms with Gasteiger partial charge in [-0.1, -0.05) is 22.9 Å². The molecule has 1 fully saturated rings. The first-order valence-corrected chi connectivity index (χ1v) is 10.9. The van der Waals surface area contributed by atoms with Crippen LogP contribution >= 0.6 is 11.6 Å². The van der Waals surface area contributed by atoms with Crippen molar-refractivity contribution >= 4 is 35.2 Å². The highest BCUT2D eigenvalue weighted by molar-refractivity contribution is 6.30. The SMILES string of the molecule is C[C@@H](OC(=O)Nc1c(-c2ccc(NC(=O)N3CCOCC3)cn2)nnn1C)c1cccnc1Cl. The second-order valence-corrected chi connectivity index (χ2v) is 7.79. The van der Waals surface area contributed by atoms with E-state index in [1.807, 2.05) is 0 Å². The number of anilines is 2. The van der Waals surface area contributed by atoms with Crippen LogP contribution in [-0.4, -0.2) is 68.3 Å². The molecule has 1 atom stereocenters. The number of pyridine rings is 2. The lowest BCUT2D eigenvalue weighted by atomic mass is 10.2. The standard InChI is InChI=1S/C21H23ClN8O4/c1-13(15-4-3-7-23-18(15)22)34-21(32)26-19-17(27-28-29(19)2)16-6-5-14(12-24-16)25-20(31)30-8-10-33-11-9-30/h3-7,12-13H,8-11H2,1-2H3,(H,25,31)(H,26,32)/t13-/m1/s1. The van der Waals surface area contributed by atoms with Gasteiger partial charge in [0.25, 0.3) is 0 Å². The van der Waals surface area contributed by atoms with Crippen molar-refractivity contribution in [2.75, 3.05) is 36.9 Å². The molecule has 3 amide bonds. The third-order valence-corrected chi connectivity index (χ3v) is 5.43. The number of carbonyl (C=O) groups excluding carboxylic acids is 2. The van der Waals surface area contributed by atoms with Gasteiger partial charge in [-0.25, -0.2) is 19.3 Å². The summed E-state index contributed by atoms with van der Waals surface area (Å²) in [5.41, 5.74) is 1.91. The van der Waals surface area contributed by atoms with Gasteiger partial charge < -0.3 is 19.7 Å². The van der Waals surface area contributed by atoms with Crippen molar-refractivity contribution in [1.82, 2.24) is 29.9 Å². The fourth-order valence-corrected chi connectivity index (χ4v) is 3.57. The number of hydrogen-bond acceptors (Lipinski definition) is 8. The molecule has 1 saturated heterocycles. The van der Waals surface area contributed by atoms with E-state index >= 15 is 0 Å². The summed E-state index contributed by atoms with van der Waals surface area (Å²) in [6, 6.07) is 6.59. The Morgan fingerprint density at radius 3 is 2.68 bits per heavy atom. The highest BCUT2D eigenvalue weighted by atomic mass is 35.5. The quantitative estimate of drug-likeness (QED) is 0.525. The summed E-state index contributed by atoms with van der Waals surface area (Å²) in [7, 11) is 1.63. The maximum Gasteiger partial charge on any atom is 0.413 e. The number of nitrogens with one attached hydrogen (secondary N) is 2. The minimum absolute atomic E-state index is 0.217. The molecule has 2 N–H and O–H groups in total. The topological polar surface area (TPSA) is 136 Å². The van der Waals surface area contributed by atoms with Crippen molar-refractivity contribution in [3.8, 4) is 11.4 Å². The molecule has 0 unspecified atom stereocenters. The van der Waals surface area contributed by atoms with Gasteiger partial charge in [-0.15, -0.1) is 5.10 Å². The predicted octanol–water partition coefficient (Wildman–Crippen LogP) is 3.10. The second kappa shape index (κ2) is 10.4. The normalized spacial score (nSPS) is 14.4. The van der Waals surface area contributed by atoms with Gasteiger partial charge in [-0.05, 0) is 25.1 Å². The van der Waals surface area contributed by atoms with Crippen LogP contribution in [0.1, 0.15) is 18.6 Å². The first kappa shape index (κ1) is 23.4. The highest BCUT2D eigenvalue weighted by Crippen LogP contribution is 2.26. The number of rotatable bonds is 5. The van der Waals surface area contributed by atoms with Crippen molar-refractivity contribution in [3.05, 3.63) is 47.4 Å². The summed E-state index contributed by atoms with van der Waals surface area (Å²) >= 11 is 6.07. The molecule has 4 heterocycles. The van der Waals surface area contributed by atoms with Crippen LogP contribution in [0.2, 0.25) is 5.15 Å². The summed E-state index contributed by atoms with van der Waals surface area (Å²) in [6.07, 6.45) is 1.72. The van der Waals surface area contributed by atoms with Crippen LogP contribution in [0.4, 0.5) is 21.1 Å². The van der Waals surface area contributed by atoms with Crippen molar-refractivity contribution in [1.29, 1.82) is 0 Å². The van der Waals surface area contributed by atoms with Gasteiger partial charge >= 0.3 is 12.1 Å². The molecule has 0 radical (unpaired) electrons. The van der Waals surface area contributed by atoms with E-state index in [2.05, 4.69) is 30.9 Å². The van der Waals surface area contributed by atoms with Crippen molar-refractivity contribution < 1.29 is 19.1 Å². The fourth-order valence-electron chi connectivity index (χ4n) is 3.30. The Morgan fingerprint density at radius 1 is 1.18 bits per heavy atom. The number of halogens is 1. The molecular weight excluding hydrogens is 464 g/mol. The van der Waals surface area contributed by atoms with E-state index in [9.17, 15) is 9.59 Å². The van der Waals surface area contributed by atoms with Gasteiger partial charge in [0.1, 0.15) is 11.3 Å². The lowest BCUT2D eigenvalue weighted by molar-refractivity contribution is 0.0564. The lowest BCUT2D eigenvalue weighted by Gasteiger charge is -2.26. The fraction of sp³-hybridized carbons (Fsp3) is 0.333. The van der Waals surface area contributed by atoms with Crippen molar-refractivity contribution in [2.24, 2.45) is 7.05 Å². The van der Waals surface area contributed by atoms with Crippen LogP contribution in [-0.2, 0) is 16.5 Å². The molecule has 178 valence electrons. The number of nitrogens with zero attached hydrogens (tertiary/aromatic N) is 6. The Bertz CT molecular complexity index is 1160. The number of amides is 3. The first-order valence-electron chi connectivity index (χ1n) is 10.5. The first-order chi connectivity index (χ1) is 16.4. The van der Waals surface area contributed by atoms with Crippen LogP contribution in [0.15, 0.2) is 36.7 Å². The lowest BCUT2D eigenvalue weighted by Crippen LogP contribution is -2.43. The summed E-state index contributed by atoms with van der Waals surface area (Å²) in [4.78, 5) is 34.9. The third kappa shape index (κ3) is 5.41. The van der Waals surface area contributed by atoms with Crippen LogP contribution in [0.3, 0.4) is 0 Å². The van der Waals surface area contributed by atoms with Crippen LogP contribution < -0.4 is 10.6 Å². The van der Waals surface area contributed by atoms with Gasteiger partial charge in [0, 0.05) is 31.9 Å². The number of carbonyl (C=O) groups is 2. The molecule has 3 aromatic heterocycles. The van der Waals surface area contributed by atoms with E-state index in [0.29, 0.717) is 54.8 Å². The van der Waals surface area contributed by atoms with Crippen molar-refractivity contribution in [2.45, 2.75) is 13.0 Å². The molecule has 0 saturated carbocycles. The monoisotopic (exact) mass is 486 g/mol. The molecular formula is C21H23ClN8O4. The number of hydrogen-bond donors (Lipinski definition) is 2. The van der Waals surface area contributed by atoms with Gasteiger partial charge in [-0.3, -0.25) is 10.3 Å². The summed E-state index contributed by atoms with van der Waals surface area (Å²) in [5.74, 6) is 0.298. The Morgan fingerprint density at radius 2 is 1.97 bits per heavy atom. The molecule has 0 aromatic carbocycles. The molecule has 1 aliphatic rings. The van der Waals surface area contributed by atoms with Gasteiger partial charge in [0.05, 0.1) is 30.8 Å². The maximum absolute atomic E-state index is 12.5. The van der Waals surface area contributed by atoms with E-state index in [1.165, 1.54) is 10.9 Å². The molecule has 34 heavy (non-hydrogen) atoms. The Hall–Kier alpha value is -3.77. The minimum atomic E-state index is -0.714. The average molecular weight is 487 g/mol. The highest BCUT2D eigenvalue weighted by Gasteiger charge is 2.21. The minimum Gasteiger partial charge on any atom is -0.441 e. The molecule has 0 bridgehead atoms. The number of aryl methyl sites for hydroxylation is 1.